The molecule has 102 valence electrons. The quantitative estimate of drug-likeness (QED) is 0.818. The standard InChI is InChI=1S/C14H18N2O2S/c1-15-14(18)12-3-2-8-16(12)13(17)9-10-4-6-11(19)7-5-10/h4-7,12,19H,2-3,8-9H2,1H3,(H,15,18). The summed E-state index contributed by atoms with van der Waals surface area (Å²) >= 11 is 4.22. The molecule has 2 rings (SSSR count). The van der Waals surface area contributed by atoms with Gasteiger partial charge in [-0.15, -0.1) is 12.6 Å². The van der Waals surface area contributed by atoms with Gasteiger partial charge in [-0.2, -0.15) is 0 Å². The van der Waals surface area contributed by atoms with Crippen molar-refractivity contribution in [2.45, 2.75) is 30.2 Å². The lowest BCUT2D eigenvalue weighted by Crippen LogP contribution is -2.45. The molecule has 1 aliphatic heterocycles. The SMILES string of the molecule is CNC(=O)C1CCCN1C(=O)Cc1ccc(S)cc1. The van der Waals surface area contributed by atoms with E-state index in [0.717, 1.165) is 23.3 Å². The van der Waals surface area contributed by atoms with E-state index in [-0.39, 0.29) is 17.9 Å². The third-order valence-electron chi connectivity index (χ3n) is 3.41. The van der Waals surface area contributed by atoms with Crippen molar-refractivity contribution in [3.05, 3.63) is 29.8 Å². The van der Waals surface area contributed by atoms with Gasteiger partial charge in [0, 0.05) is 18.5 Å². The van der Waals surface area contributed by atoms with Crippen molar-refractivity contribution < 1.29 is 9.59 Å². The number of likely N-dealkylation sites (N-methyl/N-ethyl adjacent to an activating group) is 1. The summed E-state index contributed by atoms with van der Waals surface area (Å²) in [5.41, 5.74) is 0.949. The third kappa shape index (κ3) is 3.29. The van der Waals surface area contributed by atoms with E-state index in [0.29, 0.717) is 13.0 Å². The molecule has 0 saturated carbocycles. The number of carbonyl (C=O) groups excluding carboxylic acids is 2. The summed E-state index contributed by atoms with van der Waals surface area (Å²) in [7, 11) is 1.61. The maximum absolute atomic E-state index is 12.3. The van der Waals surface area contributed by atoms with Crippen LogP contribution in [0.2, 0.25) is 0 Å². The zero-order valence-corrected chi connectivity index (χ0v) is 11.8. The average molecular weight is 278 g/mol. The molecular formula is C14H18N2O2S. The number of thiol groups is 1. The van der Waals surface area contributed by atoms with Gasteiger partial charge in [-0.25, -0.2) is 0 Å². The van der Waals surface area contributed by atoms with E-state index in [9.17, 15) is 9.59 Å². The van der Waals surface area contributed by atoms with Crippen LogP contribution in [-0.4, -0.2) is 36.3 Å². The lowest BCUT2D eigenvalue weighted by molar-refractivity contribution is -0.137. The zero-order valence-electron chi connectivity index (χ0n) is 10.9. The van der Waals surface area contributed by atoms with Crippen LogP contribution in [0.1, 0.15) is 18.4 Å². The summed E-state index contributed by atoms with van der Waals surface area (Å²) in [6.07, 6.45) is 1.97. The van der Waals surface area contributed by atoms with Gasteiger partial charge in [0.15, 0.2) is 0 Å². The average Bonchev–Trinajstić information content (AvgIpc) is 2.90. The van der Waals surface area contributed by atoms with E-state index in [1.165, 1.54) is 0 Å². The van der Waals surface area contributed by atoms with Gasteiger partial charge >= 0.3 is 0 Å². The highest BCUT2D eigenvalue weighted by atomic mass is 32.1. The molecule has 1 aromatic rings. The molecule has 1 fully saturated rings. The Kier molecular flexibility index (Phi) is 4.47. The highest BCUT2D eigenvalue weighted by molar-refractivity contribution is 7.80. The summed E-state index contributed by atoms with van der Waals surface area (Å²) in [5.74, 6) is -0.0606. The highest BCUT2D eigenvalue weighted by Crippen LogP contribution is 2.19. The highest BCUT2D eigenvalue weighted by Gasteiger charge is 2.33. The molecule has 0 aliphatic carbocycles. The molecule has 0 radical (unpaired) electrons. The number of hydrogen-bond donors (Lipinski definition) is 2. The maximum atomic E-state index is 12.3. The lowest BCUT2D eigenvalue weighted by atomic mass is 10.1. The van der Waals surface area contributed by atoms with Gasteiger partial charge in [-0.3, -0.25) is 9.59 Å². The van der Waals surface area contributed by atoms with Gasteiger partial charge in [0.25, 0.3) is 0 Å². The fourth-order valence-electron chi connectivity index (χ4n) is 2.39. The molecule has 1 aromatic carbocycles. The molecule has 1 heterocycles. The number of likely N-dealkylation sites (tertiary alicyclic amines) is 1. The van der Waals surface area contributed by atoms with E-state index in [2.05, 4.69) is 17.9 Å². The van der Waals surface area contributed by atoms with Crippen LogP contribution < -0.4 is 5.32 Å². The molecule has 1 atom stereocenters. The zero-order chi connectivity index (χ0) is 13.8. The number of hydrogen-bond acceptors (Lipinski definition) is 3. The Hall–Kier alpha value is -1.49. The molecule has 0 spiro atoms. The molecule has 1 N–H and O–H groups in total. The van der Waals surface area contributed by atoms with Crippen LogP contribution >= 0.6 is 12.6 Å². The van der Waals surface area contributed by atoms with Crippen molar-refractivity contribution in [2.75, 3.05) is 13.6 Å². The molecule has 1 saturated heterocycles. The van der Waals surface area contributed by atoms with Crippen molar-refractivity contribution in [1.29, 1.82) is 0 Å². The minimum atomic E-state index is -0.304. The second-order valence-corrected chi connectivity index (χ2v) is 5.22. The van der Waals surface area contributed by atoms with Gasteiger partial charge in [0.05, 0.1) is 6.42 Å². The molecule has 0 aromatic heterocycles. The molecule has 5 heteroatoms. The molecule has 1 unspecified atom stereocenters. The second kappa shape index (κ2) is 6.10. The fourth-order valence-corrected chi connectivity index (χ4v) is 2.54. The Bertz CT molecular complexity index is 473. The van der Waals surface area contributed by atoms with Crippen molar-refractivity contribution in [3.63, 3.8) is 0 Å². The number of nitrogens with zero attached hydrogens (tertiary/aromatic N) is 1. The lowest BCUT2D eigenvalue weighted by Gasteiger charge is -2.23. The molecule has 19 heavy (non-hydrogen) atoms. The molecular weight excluding hydrogens is 260 g/mol. The van der Waals surface area contributed by atoms with Gasteiger partial charge < -0.3 is 10.2 Å². The molecule has 4 nitrogen and oxygen atoms in total. The fraction of sp³-hybridized carbons (Fsp3) is 0.429. The first-order valence-corrected chi connectivity index (χ1v) is 6.85. The van der Waals surface area contributed by atoms with Crippen molar-refractivity contribution in [2.24, 2.45) is 0 Å². The number of amides is 2. The number of nitrogens with one attached hydrogen (secondary N) is 1. The van der Waals surface area contributed by atoms with E-state index in [1.54, 1.807) is 11.9 Å². The Morgan fingerprint density at radius 3 is 2.68 bits per heavy atom. The summed E-state index contributed by atoms with van der Waals surface area (Å²) < 4.78 is 0. The van der Waals surface area contributed by atoms with Crippen LogP contribution in [-0.2, 0) is 16.0 Å². The van der Waals surface area contributed by atoms with Crippen molar-refractivity contribution in [3.8, 4) is 0 Å². The first-order chi connectivity index (χ1) is 9.11. The van der Waals surface area contributed by atoms with Gasteiger partial charge in [-0.05, 0) is 30.5 Å². The number of carbonyl (C=O) groups is 2. The normalized spacial score (nSPS) is 18.4. The molecule has 1 aliphatic rings. The Labute approximate surface area is 118 Å². The number of rotatable bonds is 3. The predicted molar refractivity (Wildman–Crippen MR) is 76.2 cm³/mol. The van der Waals surface area contributed by atoms with Gasteiger partial charge in [0.2, 0.25) is 11.8 Å². The second-order valence-electron chi connectivity index (χ2n) is 4.70. The van der Waals surface area contributed by atoms with Crippen LogP contribution in [0, 0.1) is 0 Å². The summed E-state index contributed by atoms with van der Waals surface area (Å²) in [6.45, 7) is 0.668. The van der Waals surface area contributed by atoms with Crippen LogP contribution in [0.4, 0.5) is 0 Å². The van der Waals surface area contributed by atoms with Crippen LogP contribution in [0.3, 0.4) is 0 Å². The van der Waals surface area contributed by atoms with E-state index in [4.69, 9.17) is 0 Å². The smallest absolute Gasteiger partial charge is 0.242 e. The minimum absolute atomic E-state index is 0.0121. The molecule has 0 bridgehead atoms. The first-order valence-electron chi connectivity index (χ1n) is 6.41. The largest absolute Gasteiger partial charge is 0.357 e. The monoisotopic (exact) mass is 278 g/mol. The van der Waals surface area contributed by atoms with Crippen LogP contribution in [0.15, 0.2) is 29.2 Å². The topological polar surface area (TPSA) is 49.4 Å². The van der Waals surface area contributed by atoms with E-state index < -0.39 is 0 Å². The molecule has 2 amide bonds. The predicted octanol–water partition coefficient (Wildman–Crippen LogP) is 1.25. The summed E-state index contributed by atoms with van der Waals surface area (Å²) in [6, 6.07) is 7.22. The van der Waals surface area contributed by atoms with Gasteiger partial charge in [-0.1, -0.05) is 12.1 Å². The Balaban J connectivity index is 2.03. The van der Waals surface area contributed by atoms with Crippen LogP contribution in [0.25, 0.3) is 0 Å². The summed E-state index contributed by atoms with van der Waals surface area (Å²) in [5, 5.41) is 2.62. The number of benzene rings is 1. The Morgan fingerprint density at radius 1 is 1.37 bits per heavy atom. The summed E-state index contributed by atoms with van der Waals surface area (Å²) in [4.78, 5) is 26.5. The van der Waals surface area contributed by atoms with Crippen molar-refractivity contribution in [1.82, 2.24) is 10.2 Å². The first kappa shape index (κ1) is 13.9. The van der Waals surface area contributed by atoms with E-state index >= 15 is 0 Å². The van der Waals surface area contributed by atoms with Crippen molar-refractivity contribution >= 4 is 24.4 Å². The van der Waals surface area contributed by atoms with Gasteiger partial charge in [0.1, 0.15) is 6.04 Å². The van der Waals surface area contributed by atoms with Crippen LogP contribution in [0.5, 0.6) is 0 Å². The van der Waals surface area contributed by atoms with E-state index in [1.807, 2.05) is 24.3 Å². The minimum Gasteiger partial charge on any atom is -0.357 e. The third-order valence-corrected chi connectivity index (χ3v) is 3.71. The maximum Gasteiger partial charge on any atom is 0.242 e. The Morgan fingerprint density at radius 2 is 2.05 bits per heavy atom.